The van der Waals surface area contributed by atoms with Crippen LogP contribution < -0.4 is 16.0 Å². The molecular weight excluding hydrogens is 533 g/mol. The van der Waals surface area contributed by atoms with Crippen LogP contribution in [0.5, 0.6) is 0 Å². The second kappa shape index (κ2) is 14.3. The molecule has 0 heterocycles. The predicted molar refractivity (Wildman–Crippen MR) is 141 cm³/mol. The fourth-order valence-electron chi connectivity index (χ4n) is 2.92. The number of aliphatic carboxylic acids is 1. The standard InChI is InChI=1S/C24H32Cl3N3O6/c1-15(29-19(31)14-28-22(35)36-23(2,3)4)20(32)30-18-12-8-7-10-16(18)9-5-6-11-17(21(33)34)13-24(25,26)27/h5,7-10,12,15,17H,6,11,13-14H2,1-4H3,(H,28,35)(H,29,31)(H,30,32)(H,33,34)/t15?,17-/m1/s1. The van der Waals surface area contributed by atoms with E-state index in [9.17, 15) is 24.3 Å². The van der Waals surface area contributed by atoms with Crippen LogP contribution in [0.1, 0.15) is 52.5 Å². The summed E-state index contributed by atoms with van der Waals surface area (Å²) in [5.74, 6) is -2.87. The second-order valence-corrected chi connectivity index (χ2v) is 11.6. The molecule has 2 atom stereocenters. The van der Waals surface area contributed by atoms with Crippen molar-refractivity contribution >= 4 is 70.4 Å². The van der Waals surface area contributed by atoms with E-state index in [1.165, 1.54) is 6.92 Å². The molecule has 12 heteroatoms. The summed E-state index contributed by atoms with van der Waals surface area (Å²) in [6.45, 7) is 6.26. The number of hydrogen-bond acceptors (Lipinski definition) is 5. The minimum atomic E-state index is -1.65. The van der Waals surface area contributed by atoms with Gasteiger partial charge in [0, 0.05) is 12.1 Å². The third-order valence-corrected chi connectivity index (χ3v) is 5.05. The molecule has 1 aromatic carbocycles. The smallest absolute Gasteiger partial charge is 0.408 e. The number of ether oxygens (including phenoxy) is 1. The number of halogens is 3. The Hall–Kier alpha value is -2.49. The molecule has 200 valence electrons. The van der Waals surface area contributed by atoms with Gasteiger partial charge in [0.15, 0.2) is 3.79 Å². The van der Waals surface area contributed by atoms with Crippen LogP contribution in [0.25, 0.3) is 6.08 Å². The van der Waals surface area contributed by atoms with Crippen LogP contribution >= 0.6 is 34.8 Å². The number of carboxylic acid groups (broad SMARTS) is 1. The Kier molecular flexibility index (Phi) is 12.5. The largest absolute Gasteiger partial charge is 0.481 e. The zero-order chi connectivity index (χ0) is 27.5. The summed E-state index contributed by atoms with van der Waals surface area (Å²) in [5.41, 5.74) is 0.491. The fourth-order valence-corrected chi connectivity index (χ4v) is 3.48. The molecule has 3 amide bonds. The summed E-state index contributed by atoms with van der Waals surface area (Å²) in [6, 6.07) is 6.11. The molecule has 9 nitrogen and oxygen atoms in total. The molecule has 0 radical (unpaired) electrons. The first-order valence-corrected chi connectivity index (χ1v) is 12.3. The van der Waals surface area contributed by atoms with Crippen molar-refractivity contribution in [1.29, 1.82) is 0 Å². The number of rotatable bonds is 11. The van der Waals surface area contributed by atoms with Gasteiger partial charge in [-0.15, -0.1) is 0 Å². The van der Waals surface area contributed by atoms with Crippen molar-refractivity contribution in [2.24, 2.45) is 5.92 Å². The number of allylic oxidation sites excluding steroid dienone is 1. The topological polar surface area (TPSA) is 134 Å². The Morgan fingerprint density at radius 3 is 2.33 bits per heavy atom. The fraction of sp³-hybridized carbons (Fsp3) is 0.500. The number of amides is 3. The van der Waals surface area contributed by atoms with E-state index in [-0.39, 0.29) is 19.4 Å². The van der Waals surface area contributed by atoms with Crippen LogP contribution in [0.2, 0.25) is 0 Å². The molecule has 1 aromatic rings. The number of hydrogen-bond donors (Lipinski definition) is 4. The molecule has 0 fully saturated rings. The monoisotopic (exact) mass is 563 g/mol. The maximum Gasteiger partial charge on any atom is 0.408 e. The highest BCUT2D eigenvalue weighted by Crippen LogP contribution is 2.35. The number of carboxylic acids is 1. The molecule has 0 saturated carbocycles. The summed E-state index contributed by atoms with van der Waals surface area (Å²) < 4.78 is 3.41. The molecule has 0 aliphatic heterocycles. The third-order valence-electron chi connectivity index (χ3n) is 4.59. The number of carbonyl (C=O) groups excluding carboxylic acids is 3. The van der Waals surface area contributed by atoms with Crippen LogP contribution in [0.3, 0.4) is 0 Å². The minimum Gasteiger partial charge on any atom is -0.481 e. The zero-order valence-electron chi connectivity index (χ0n) is 20.6. The van der Waals surface area contributed by atoms with E-state index in [2.05, 4.69) is 16.0 Å². The first-order chi connectivity index (χ1) is 16.6. The maximum atomic E-state index is 12.6. The SMILES string of the molecule is CC(NC(=O)CNC(=O)OC(C)(C)C)C(=O)Nc1ccccc1C=CCC[C@H](CC(Cl)(Cl)Cl)C(=O)O. The van der Waals surface area contributed by atoms with E-state index in [1.807, 2.05) is 0 Å². The van der Waals surface area contributed by atoms with Crippen LogP contribution in [0.15, 0.2) is 30.3 Å². The maximum absolute atomic E-state index is 12.6. The van der Waals surface area contributed by atoms with E-state index in [4.69, 9.17) is 39.5 Å². The lowest BCUT2D eigenvalue weighted by Gasteiger charge is -2.20. The van der Waals surface area contributed by atoms with E-state index >= 15 is 0 Å². The van der Waals surface area contributed by atoms with Gasteiger partial charge in [-0.3, -0.25) is 14.4 Å². The Morgan fingerprint density at radius 2 is 1.75 bits per heavy atom. The zero-order valence-corrected chi connectivity index (χ0v) is 22.8. The summed E-state index contributed by atoms with van der Waals surface area (Å²) in [7, 11) is 0. The molecule has 1 unspecified atom stereocenters. The lowest BCUT2D eigenvalue weighted by Crippen LogP contribution is -2.46. The van der Waals surface area contributed by atoms with Crippen molar-refractivity contribution in [2.75, 3.05) is 11.9 Å². The van der Waals surface area contributed by atoms with Gasteiger partial charge in [-0.2, -0.15) is 0 Å². The molecule has 36 heavy (non-hydrogen) atoms. The normalized spacial score (nSPS) is 13.5. The summed E-state index contributed by atoms with van der Waals surface area (Å²) in [6.07, 6.45) is 3.36. The predicted octanol–water partition coefficient (Wildman–Crippen LogP) is 4.91. The van der Waals surface area contributed by atoms with E-state index in [0.29, 0.717) is 17.7 Å². The van der Waals surface area contributed by atoms with Gasteiger partial charge in [-0.1, -0.05) is 65.2 Å². The van der Waals surface area contributed by atoms with E-state index < -0.39 is 45.2 Å². The van der Waals surface area contributed by atoms with Gasteiger partial charge in [0.2, 0.25) is 11.8 Å². The van der Waals surface area contributed by atoms with Crippen molar-refractivity contribution in [3.63, 3.8) is 0 Å². The van der Waals surface area contributed by atoms with Crippen LogP contribution in [0.4, 0.5) is 10.5 Å². The number of alkyl carbamates (subject to hydrolysis) is 1. The molecule has 0 aliphatic carbocycles. The lowest BCUT2D eigenvalue weighted by molar-refractivity contribution is -0.142. The van der Waals surface area contributed by atoms with Gasteiger partial charge in [0.25, 0.3) is 0 Å². The highest BCUT2D eigenvalue weighted by molar-refractivity contribution is 6.67. The Labute approximate surface area is 225 Å². The Bertz CT molecular complexity index is 957. The van der Waals surface area contributed by atoms with E-state index in [0.717, 1.165) is 0 Å². The number of carbonyl (C=O) groups is 4. The summed E-state index contributed by atoms with van der Waals surface area (Å²) >= 11 is 17.2. The van der Waals surface area contributed by atoms with Crippen molar-refractivity contribution < 1.29 is 29.0 Å². The number of para-hydroxylation sites is 1. The van der Waals surface area contributed by atoms with Gasteiger partial charge in [-0.25, -0.2) is 4.79 Å². The average Bonchev–Trinajstić information content (AvgIpc) is 2.73. The van der Waals surface area contributed by atoms with Gasteiger partial charge in [-0.05, 0) is 52.2 Å². The number of alkyl halides is 3. The molecule has 0 saturated heterocycles. The Morgan fingerprint density at radius 1 is 1.11 bits per heavy atom. The second-order valence-electron chi connectivity index (χ2n) is 9.06. The van der Waals surface area contributed by atoms with Crippen LogP contribution in [-0.4, -0.2) is 51.0 Å². The molecule has 0 aromatic heterocycles. The van der Waals surface area contributed by atoms with Gasteiger partial charge in [0.05, 0.1) is 5.92 Å². The van der Waals surface area contributed by atoms with E-state index in [1.54, 1.807) is 57.2 Å². The quantitative estimate of drug-likeness (QED) is 0.282. The summed E-state index contributed by atoms with van der Waals surface area (Å²) in [4.78, 5) is 47.7. The third kappa shape index (κ3) is 13.6. The summed E-state index contributed by atoms with van der Waals surface area (Å²) in [5, 5.41) is 16.9. The van der Waals surface area contributed by atoms with Crippen LogP contribution in [-0.2, 0) is 19.1 Å². The van der Waals surface area contributed by atoms with Gasteiger partial charge >= 0.3 is 12.1 Å². The van der Waals surface area contributed by atoms with Gasteiger partial charge in [0.1, 0.15) is 18.2 Å². The first-order valence-electron chi connectivity index (χ1n) is 11.2. The minimum absolute atomic E-state index is 0.107. The number of benzene rings is 1. The molecule has 0 spiro atoms. The Balaban J connectivity index is 2.64. The number of nitrogens with one attached hydrogen (secondary N) is 3. The number of anilines is 1. The average molecular weight is 565 g/mol. The molecule has 4 N–H and O–H groups in total. The van der Waals surface area contributed by atoms with Crippen molar-refractivity contribution in [3.8, 4) is 0 Å². The molecule has 1 rings (SSSR count). The molecule has 0 bridgehead atoms. The van der Waals surface area contributed by atoms with Crippen molar-refractivity contribution in [1.82, 2.24) is 10.6 Å². The first kappa shape index (κ1) is 31.5. The molecule has 0 aliphatic rings. The van der Waals surface area contributed by atoms with Crippen molar-refractivity contribution in [2.45, 2.75) is 62.4 Å². The highest BCUT2D eigenvalue weighted by atomic mass is 35.6. The van der Waals surface area contributed by atoms with Crippen molar-refractivity contribution in [3.05, 3.63) is 35.9 Å². The highest BCUT2D eigenvalue weighted by Gasteiger charge is 2.29. The lowest BCUT2D eigenvalue weighted by atomic mass is 10.00. The van der Waals surface area contributed by atoms with Gasteiger partial charge < -0.3 is 25.8 Å². The molecular formula is C24H32Cl3N3O6. The van der Waals surface area contributed by atoms with Crippen LogP contribution in [0, 0.1) is 5.92 Å².